The van der Waals surface area contributed by atoms with Crippen molar-refractivity contribution in [3.05, 3.63) is 78.3 Å². The van der Waals surface area contributed by atoms with Crippen LogP contribution in [0.5, 0.6) is 11.6 Å². The molecule has 1 amide bonds. The predicted octanol–water partition coefficient (Wildman–Crippen LogP) is 3.82. The van der Waals surface area contributed by atoms with Gasteiger partial charge in [-0.15, -0.1) is 0 Å². The molecule has 28 heavy (non-hydrogen) atoms. The van der Waals surface area contributed by atoms with E-state index in [-0.39, 0.29) is 17.6 Å². The van der Waals surface area contributed by atoms with Crippen molar-refractivity contribution in [3.8, 4) is 11.6 Å². The zero-order valence-electron chi connectivity index (χ0n) is 15.2. The van der Waals surface area contributed by atoms with E-state index in [0.717, 1.165) is 18.5 Å². The quantitative estimate of drug-likeness (QED) is 0.690. The molecular weight excluding hydrogens is 359 g/mol. The van der Waals surface area contributed by atoms with Crippen molar-refractivity contribution in [3.63, 3.8) is 0 Å². The number of hydrogen-bond donors (Lipinski definition) is 0. The maximum Gasteiger partial charge on any atom is 0.253 e. The van der Waals surface area contributed by atoms with E-state index >= 15 is 0 Å². The first-order valence-corrected chi connectivity index (χ1v) is 9.14. The molecule has 3 heterocycles. The normalized spacial score (nSPS) is 16.6. The molecule has 0 saturated carbocycles. The van der Waals surface area contributed by atoms with Crippen LogP contribution in [-0.2, 0) is 0 Å². The lowest BCUT2D eigenvalue weighted by molar-refractivity contribution is 0.0705. The zero-order valence-corrected chi connectivity index (χ0v) is 15.2. The van der Waals surface area contributed by atoms with Gasteiger partial charge in [0, 0.05) is 49.2 Å². The lowest BCUT2D eigenvalue weighted by atomic mass is 9.94. The van der Waals surface area contributed by atoms with E-state index in [2.05, 4.69) is 15.0 Å². The Hall–Kier alpha value is -3.35. The second-order valence-corrected chi connectivity index (χ2v) is 6.67. The van der Waals surface area contributed by atoms with Crippen molar-refractivity contribution in [2.24, 2.45) is 0 Å². The molecule has 6 nitrogen and oxygen atoms in total. The van der Waals surface area contributed by atoms with Gasteiger partial charge in [0.25, 0.3) is 5.91 Å². The second-order valence-electron chi connectivity index (χ2n) is 6.67. The highest BCUT2D eigenvalue weighted by atomic mass is 19.1. The fraction of sp³-hybridized carbons (Fsp3) is 0.238. The van der Waals surface area contributed by atoms with E-state index in [1.54, 1.807) is 42.9 Å². The molecule has 2 aromatic heterocycles. The summed E-state index contributed by atoms with van der Waals surface area (Å²) < 4.78 is 19.0. The molecule has 1 aliphatic heterocycles. The molecule has 1 fully saturated rings. The fourth-order valence-corrected chi connectivity index (χ4v) is 3.34. The third-order valence-electron chi connectivity index (χ3n) is 4.70. The maximum atomic E-state index is 13.3. The van der Waals surface area contributed by atoms with Gasteiger partial charge in [-0.2, -0.15) is 0 Å². The molecule has 1 atom stereocenters. The van der Waals surface area contributed by atoms with Gasteiger partial charge in [0.05, 0.1) is 11.9 Å². The first kappa shape index (κ1) is 18.0. The number of amides is 1. The Morgan fingerprint density at radius 3 is 2.82 bits per heavy atom. The smallest absolute Gasteiger partial charge is 0.253 e. The minimum absolute atomic E-state index is 0.00720. The van der Waals surface area contributed by atoms with E-state index in [0.29, 0.717) is 30.3 Å². The van der Waals surface area contributed by atoms with E-state index in [1.807, 2.05) is 4.90 Å². The molecular formula is C21H19FN4O2. The Labute approximate surface area is 162 Å². The van der Waals surface area contributed by atoms with Crippen LogP contribution in [-0.4, -0.2) is 38.8 Å². The van der Waals surface area contributed by atoms with Crippen molar-refractivity contribution in [1.29, 1.82) is 0 Å². The highest BCUT2D eigenvalue weighted by Gasteiger charge is 2.26. The number of ether oxygens (including phenoxy) is 1. The average molecular weight is 378 g/mol. The molecule has 7 heteroatoms. The Balaban J connectivity index is 1.48. The number of rotatable bonds is 4. The molecule has 1 aromatic carbocycles. The number of aromatic nitrogens is 3. The van der Waals surface area contributed by atoms with Gasteiger partial charge in [-0.25, -0.2) is 9.37 Å². The van der Waals surface area contributed by atoms with Crippen molar-refractivity contribution >= 4 is 5.91 Å². The van der Waals surface area contributed by atoms with Crippen LogP contribution in [0.1, 0.15) is 34.8 Å². The van der Waals surface area contributed by atoms with E-state index in [9.17, 15) is 9.18 Å². The van der Waals surface area contributed by atoms with Crippen molar-refractivity contribution < 1.29 is 13.9 Å². The third kappa shape index (κ3) is 4.14. The van der Waals surface area contributed by atoms with Crippen molar-refractivity contribution in [2.45, 2.75) is 18.8 Å². The first-order valence-electron chi connectivity index (χ1n) is 9.14. The van der Waals surface area contributed by atoms with E-state index in [1.165, 1.54) is 18.3 Å². The number of pyridine rings is 1. The zero-order chi connectivity index (χ0) is 19.3. The molecule has 142 valence electrons. The average Bonchev–Trinajstić information content (AvgIpc) is 2.74. The van der Waals surface area contributed by atoms with Crippen LogP contribution >= 0.6 is 0 Å². The van der Waals surface area contributed by atoms with Crippen LogP contribution in [0, 0.1) is 5.82 Å². The molecule has 4 rings (SSSR count). The summed E-state index contributed by atoms with van der Waals surface area (Å²) in [7, 11) is 0. The summed E-state index contributed by atoms with van der Waals surface area (Å²) in [6.07, 6.45) is 8.23. The monoisotopic (exact) mass is 378 g/mol. The summed E-state index contributed by atoms with van der Waals surface area (Å²) in [6, 6.07) is 9.33. The van der Waals surface area contributed by atoms with Crippen molar-refractivity contribution in [1.82, 2.24) is 19.9 Å². The standard InChI is InChI=1S/C21H19FN4O2/c22-17-4-1-5-18(11-17)28-20-13-24-12-19(25-20)16-3-2-10-26(14-16)21(27)15-6-8-23-9-7-15/h1,4-9,11-13,16H,2-3,10,14H2/t16-/m0/s1. The van der Waals surface area contributed by atoms with Crippen LogP contribution in [0.3, 0.4) is 0 Å². The molecule has 0 N–H and O–H groups in total. The van der Waals surface area contributed by atoms with Crippen LogP contribution < -0.4 is 4.74 Å². The Bertz CT molecular complexity index is 967. The second kappa shape index (κ2) is 8.12. The number of halogens is 1. The minimum Gasteiger partial charge on any atom is -0.437 e. The lowest BCUT2D eigenvalue weighted by Crippen LogP contribution is -2.39. The number of carbonyl (C=O) groups is 1. The van der Waals surface area contributed by atoms with Crippen LogP contribution in [0.15, 0.2) is 61.2 Å². The van der Waals surface area contributed by atoms with Gasteiger partial charge in [0.2, 0.25) is 5.88 Å². The number of benzene rings is 1. The summed E-state index contributed by atoms with van der Waals surface area (Å²) in [5.41, 5.74) is 1.39. The Kier molecular flexibility index (Phi) is 5.23. The third-order valence-corrected chi connectivity index (χ3v) is 4.70. The SMILES string of the molecule is O=C(c1ccncc1)N1CCC[C@H](c2cncc(Oc3cccc(F)c3)n2)C1. The predicted molar refractivity (Wildman–Crippen MR) is 101 cm³/mol. The first-order chi connectivity index (χ1) is 13.7. The summed E-state index contributed by atoms with van der Waals surface area (Å²) in [4.78, 5) is 27.3. The van der Waals surface area contributed by atoms with Gasteiger partial charge in [0.1, 0.15) is 11.6 Å². The molecule has 0 spiro atoms. The van der Waals surface area contributed by atoms with Crippen LogP contribution in [0.25, 0.3) is 0 Å². The molecule has 1 aliphatic rings. The number of nitrogens with zero attached hydrogens (tertiary/aromatic N) is 4. The minimum atomic E-state index is -0.376. The van der Waals surface area contributed by atoms with Gasteiger partial charge < -0.3 is 9.64 Å². The van der Waals surface area contributed by atoms with E-state index in [4.69, 9.17) is 4.74 Å². The summed E-state index contributed by atoms with van der Waals surface area (Å²) >= 11 is 0. The molecule has 0 unspecified atom stereocenters. The van der Waals surface area contributed by atoms with E-state index < -0.39 is 0 Å². The summed E-state index contributed by atoms with van der Waals surface area (Å²) in [5.74, 6) is 0.361. The van der Waals surface area contributed by atoms with Crippen molar-refractivity contribution in [2.75, 3.05) is 13.1 Å². The van der Waals surface area contributed by atoms with Gasteiger partial charge in [-0.1, -0.05) is 6.07 Å². The number of likely N-dealkylation sites (tertiary alicyclic amines) is 1. The fourth-order valence-electron chi connectivity index (χ4n) is 3.34. The summed E-state index contributed by atoms with van der Waals surface area (Å²) in [5, 5.41) is 0. The number of hydrogen-bond acceptors (Lipinski definition) is 5. The Morgan fingerprint density at radius 2 is 2.00 bits per heavy atom. The number of carbonyl (C=O) groups excluding carboxylic acids is 1. The largest absolute Gasteiger partial charge is 0.437 e. The molecule has 0 radical (unpaired) electrons. The van der Waals surface area contributed by atoms with Crippen LogP contribution in [0.4, 0.5) is 4.39 Å². The molecule has 0 bridgehead atoms. The van der Waals surface area contributed by atoms with Gasteiger partial charge in [-0.3, -0.25) is 14.8 Å². The summed E-state index contributed by atoms with van der Waals surface area (Å²) in [6.45, 7) is 1.28. The highest BCUT2D eigenvalue weighted by Crippen LogP contribution is 2.28. The topological polar surface area (TPSA) is 68.2 Å². The van der Waals surface area contributed by atoms with Crippen LogP contribution in [0.2, 0.25) is 0 Å². The van der Waals surface area contributed by atoms with Gasteiger partial charge >= 0.3 is 0 Å². The highest BCUT2D eigenvalue weighted by molar-refractivity contribution is 5.94. The molecule has 3 aromatic rings. The maximum absolute atomic E-state index is 13.3. The molecule has 1 saturated heterocycles. The lowest BCUT2D eigenvalue weighted by Gasteiger charge is -2.32. The Morgan fingerprint density at radius 1 is 1.14 bits per heavy atom. The van der Waals surface area contributed by atoms with Gasteiger partial charge in [-0.05, 0) is 37.1 Å². The molecule has 0 aliphatic carbocycles. The number of piperidine rings is 1. The van der Waals surface area contributed by atoms with Gasteiger partial charge in [0.15, 0.2) is 0 Å².